The minimum Gasteiger partial charge on any atom is -0.550 e. The van der Waals surface area contributed by atoms with Crippen LogP contribution in [-0.2, 0) is 20.9 Å². The van der Waals surface area contributed by atoms with Crippen molar-refractivity contribution in [1.29, 1.82) is 0 Å². The molecule has 2 fully saturated rings. The number of amides is 1. The van der Waals surface area contributed by atoms with E-state index in [0.29, 0.717) is 12.8 Å². The van der Waals surface area contributed by atoms with Crippen LogP contribution in [0.2, 0.25) is 0 Å². The van der Waals surface area contributed by atoms with Crippen molar-refractivity contribution in [2.45, 2.75) is 31.6 Å². The van der Waals surface area contributed by atoms with E-state index in [2.05, 4.69) is 5.32 Å². The number of halogens is 1. The van der Waals surface area contributed by atoms with Crippen molar-refractivity contribution in [2.24, 2.45) is 11.8 Å². The minimum absolute atomic E-state index is 0.229. The molecular formula is C15H15FNO4-. The quantitative estimate of drug-likeness (QED) is 0.846. The van der Waals surface area contributed by atoms with Gasteiger partial charge in [0, 0.05) is 18.4 Å². The molecule has 0 unspecified atom stereocenters. The molecule has 112 valence electrons. The number of hydrogen-bond acceptors (Lipinski definition) is 4. The third kappa shape index (κ3) is 2.63. The van der Waals surface area contributed by atoms with Crippen LogP contribution in [0.25, 0.3) is 0 Å². The average molecular weight is 292 g/mol. The van der Waals surface area contributed by atoms with E-state index in [1.54, 1.807) is 12.1 Å². The fourth-order valence-corrected chi connectivity index (χ4v) is 3.22. The molecule has 0 radical (unpaired) electrons. The van der Waals surface area contributed by atoms with Gasteiger partial charge in [0.15, 0.2) is 0 Å². The number of nitrogens with one attached hydrogen (secondary N) is 1. The average Bonchev–Trinajstić information content (AvgIpc) is 3.06. The van der Waals surface area contributed by atoms with E-state index in [1.807, 2.05) is 0 Å². The third-order valence-electron chi connectivity index (χ3n) is 4.23. The highest BCUT2D eigenvalue weighted by atomic mass is 19.1. The lowest BCUT2D eigenvalue weighted by Crippen LogP contribution is -2.48. The Labute approximate surface area is 121 Å². The second kappa shape index (κ2) is 5.44. The predicted octanol–water partition coefficient (Wildman–Crippen LogP) is -0.0146. The first-order valence-corrected chi connectivity index (χ1v) is 6.95. The summed E-state index contributed by atoms with van der Waals surface area (Å²) in [7, 11) is 0. The van der Waals surface area contributed by atoms with Gasteiger partial charge in [0.2, 0.25) is 5.91 Å². The SMILES string of the molecule is O=C(NCc1ccc(F)cc1)[C@@H]1[C@@H](C(=O)[O-])[C@H]2CC[C@@H]1O2. The van der Waals surface area contributed by atoms with Gasteiger partial charge < -0.3 is 20.0 Å². The van der Waals surface area contributed by atoms with E-state index in [0.717, 1.165) is 5.56 Å². The highest BCUT2D eigenvalue weighted by molar-refractivity contribution is 5.86. The lowest BCUT2D eigenvalue weighted by atomic mass is 9.78. The van der Waals surface area contributed by atoms with E-state index in [1.165, 1.54) is 12.1 Å². The molecule has 0 aliphatic carbocycles. The van der Waals surface area contributed by atoms with Crippen molar-refractivity contribution in [3.8, 4) is 0 Å². The summed E-state index contributed by atoms with van der Waals surface area (Å²) < 4.78 is 18.3. The van der Waals surface area contributed by atoms with Crippen LogP contribution in [0.5, 0.6) is 0 Å². The van der Waals surface area contributed by atoms with E-state index in [4.69, 9.17) is 4.74 Å². The zero-order valence-corrected chi connectivity index (χ0v) is 11.3. The van der Waals surface area contributed by atoms with Crippen molar-refractivity contribution in [3.05, 3.63) is 35.6 Å². The number of rotatable bonds is 4. The van der Waals surface area contributed by atoms with Gasteiger partial charge in [-0.3, -0.25) is 4.79 Å². The monoisotopic (exact) mass is 292 g/mol. The van der Waals surface area contributed by atoms with Crippen LogP contribution in [0.4, 0.5) is 4.39 Å². The number of carboxylic acid groups (broad SMARTS) is 1. The van der Waals surface area contributed by atoms with Crippen molar-refractivity contribution in [1.82, 2.24) is 5.32 Å². The van der Waals surface area contributed by atoms with Crippen molar-refractivity contribution < 1.29 is 23.8 Å². The first-order chi connectivity index (χ1) is 10.1. The third-order valence-corrected chi connectivity index (χ3v) is 4.23. The molecule has 0 spiro atoms. The normalized spacial score (nSPS) is 30.3. The molecule has 0 saturated carbocycles. The van der Waals surface area contributed by atoms with E-state index in [9.17, 15) is 19.1 Å². The van der Waals surface area contributed by atoms with Crippen molar-refractivity contribution >= 4 is 11.9 Å². The minimum atomic E-state index is -1.23. The highest BCUT2D eigenvalue weighted by Gasteiger charge is 2.52. The maximum absolute atomic E-state index is 12.8. The van der Waals surface area contributed by atoms with Gasteiger partial charge in [-0.15, -0.1) is 0 Å². The fourth-order valence-electron chi connectivity index (χ4n) is 3.22. The summed E-state index contributed by atoms with van der Waals surface area (Å²) in [5, 5.41) is 13.9. The Bertz CT molecular complexity index is 559. The number of benzene rings is 1. The summed E-state index contributed by atoms with van der Waals surface area (Å²) in [5.74, 6) is -3.50. The Morgan fingerprint density at radius 1 is 1.19 bits per heavy atom. The molecule has 3 rings (SSSR count). The summed E-state index contributed by atoms with van der Waals surface area (Å²) in [5.41, 5.74) is 0.749. The van der Waals surface area contributed by atoms with Gasteiger partial charge in [-0.25, -0.2) is 4.39 Å². The lowest BCUT2D eigenvalue weighted by molar-refractivity contribution is -0.314. The zero-order chi connectivity index (χ0) is 15.0. The summed E-state index contributed by atoms with van der Waals surface area (Å²) in [6.45, 7) is 0.229. The van der Waals surface area contributed by atoms with Crippen LogP contribution in [0.3, 0.4) is 0 Å². The molecule has 21 heavy (non-hydrogen) atoms. The molecule has 4 atom stereocenters. The summed E-state index contributed by atoms with van der Waals surface area (Å²) >= 11 is 0. The molecule has 1 N–H and O–H groups in total. The number of hydrogen-bond donors (Lipinski definition) is 1. The lowest BCUT2D eigenvalue weighted by Gasteiger charge is -2.27. The summed E-state index contributed by atoms with van der Waals surface area (Å²) in [6, 6.07) is 5.77. The molecule has 2 bridgehead atoms. The van der Waals surface area contributed by atoms with Crippen LogP contribution in [0.1, 0.15) is 18.4 Å². The molecule has 2 aliphatic heterocycles. The second-order valence-electron chi connectivity index (χ2n) is 5.51. The summed E-state index contributed by atoms with van der Waals surface area (Å²) in [4.78, 5) is 23.4. The highest BCUT2D eigenvalue weighted by Crippen LogP contribution is 2.43. The Kier molecular flexibility index (Phi) is 3.63. The van der Waals surface area contributed by atoms with Crippen LogP contribution in [0.15, 0.2) is 24.3 Å². The van der Waals surface area contributed by atoms with Crippen LogP contribution >= 0.6 is 0 Å². The smallest absolute Gasteiger partial charge is 0.226 e. The first kappa shape index (κ1) is 14.0. The Hall–Kier alpha value is -1.95. The molecule has 2 heterocycles. The van der Waals surface area contributed by atoms with Gasteiger partial charge in [-0.1, -0.05) is 12.1 Å². The Morgan fingerprint density at radius 2 is 1.81 bits per heavy atom. The van der Waals surface area contributed by atoms with Crippen molar-refractivity contribution in [2.75, 3.05) is 0 Å². The molecule has 5 nitrogen and oxygen atoms in total. The van der Waals surface area contributed by atoms with E-state index in [-0.39, 0.29) is 24.4 Å². The maximum atomic E-state index is 12.8. The van der Waals surface area contributed by atoms with Gasteiger partial charge in [0.05, 0.1) is 18.1 Å². The van der Waals surface area contributed by atoms with Crippen LogP contribution < -0.4 is 10.4 Å². The molecule has 2 saturated heterocycles. The largest absolute Gasteiger partial charge is 0.550 e. The van der Waals surface area contributed by atoms with E-state index >= 15 is 0 Å². The zero-order valence-electron chi connectivity index (χ0n) is 11.3. The Morgan fingerprint density at radius 3 is 2.43 bits per heavy atom. The van der Waals surface area contributed by atoms with Gasteiger partial charge in [0.1, 0.15) is 5.82 Å². The standard InChI is InChI=1S/C15H16FNO4/c16-9-3-1-8(2-4-9)7-17-14(18)12-10-5-6-11(21-10)13(12)15(19)20/h1-4,10-13H,5-7H2,(H,17,18)(H,19,20)/p-1/t10-,11+,12-,13-/m0/s1. The number of fused-ring (bicyclic) bond motifs is 2. The number of carbonyl (C=O) groups is 2. The number of carboxylic acids is 1. The maximum Gasteiger partial charge on any atom is 0.226 e. The molecule has 1 amide bonds. The van der Waals surface area contributed by atoms with Gasteiger partial charge >= 0.3 is 0 Å². The molecule has 1 aromatic carbocycles. The van der Waals surface area contributed by atoms with Gasteiger partial charge in [-0.2, -0.15) is 0 Å². The van der Waals surface area contributed by atoms with Gasteiger partial charge in [0.25, 0.3) is 0 Å². The molecule has 6 heteroatoms. The second-order valence-corrected chi connectivity index (χ2v) is 5.51. The van der Waals surface area contributed by atoms with Crippen molar-refractivity contribution in [3.63, 3.8) is 0 Å². The van der Waals surface area contributed by atoms with E-state index < -0.39 is 23.9 Å². The molecule has 1 aromatic rings. The van der Waals surface area contributed by atoms with Crippen LogP contribution in [-0.4, -0.2) is 24.1 Å². The first-order valence-electron chi connectivity index (χ1n) is 6.95. The number of aliphatic carboxylic acids is 1. The van der Waals surface area contributed by atoms with Crippen LogP contribution in [0, 0.1) is 17.7 Å². The number of ether oxygens (including phenoxy) is 1. The number of carbonyl (C=O) groups excluding carboxylic acids is 2. The summed E-state index contributed by atoms with van der Waals surface area (Å²) in [6.07, 6.45) is 0.599. The van der Waals surface area contributed by atoms with Gasteiger partial charge in [-0.05, 0) is 30.5 Å². The topological polar surface area (TPSA) is 78.5 Å². The molecule has 0 aromatic heterocycles. The predicted molar refractivity (Wildman–Crippen MR) is 68.1 cm³/mol. The fraction of sp³-hybridized carbons (Fsp3) is 0.467. The molecular weight excluding hydrogens is 277 g/mol. The Balaban J connectivity index is 1.64. The molecule has 2 aliphatic rings.